The van der Waals surface area contributed by atoms with Crippen molar-refractivity contribution in [2.45, 2.75) is 58.7 Å². The second-order valence-corrected chi connectivity index (χ2v) is 7.20. The van der Waals surface area contributed by atoms with Crippen LogP contribution in [0.15, 0.2) is 0 Å². The minimum atomic E-state index is -0.829. The van der Waals surface area contributed by atoms with Crippen molar-refractivity contribution in [3.05, 3.63) is 0 Å². The molecule has 0 spiro atoms. The fourth-order valence-electron chi connectivity index (χ4n) is 3.88. The number of hydrogen-bond donors (Lipinski definition) is 1. The minimum absolute atomic E-state index is 0.00146. The molecule has 5 heteroatoms. The molecule has 1 N–H and O–H groups in total. The third kappa shape index (κ3) is 3.57. The fraction of sp³-hybridized carbons (Fsp3) is 0.875. The van der Waals surface area contributed by atoms with Gasteiger partial charge < -0.3 is 14.7 Å². The summed E-state index contributed by atoms with van der Waals surface area (Å²) in [6.07, 6.45) is 2.27. The van der Waals surface area contributed by atoms with E-state index in [0.29, 0.717) is 31.8 Å². The number of carbonyl (C=O) groups is 2. The first kappa shape index (κ1) is 16.3. The molecule has 1 heterocycles. The number of aliphatic carboxylic acids is 1. The molecule has 1 saturated heterocycles. The zero-order valence-electron chi connectivity index (χ0n) is 13.5. The average molecular weight is 297 g/mol. The molecule has 0 aromatic heterocycles. The monoisotopic (exact) mass is 297 g/mol. The van der Waals surface area contributed by atoms with Gasteiger partial charge in [-0.05, 0) is 39.5 Å². The normalized spacial score (nSPS) is 35.7. The van der Waals surface area contributed by atoms with Crippen LogP contribution in [0.2, 0.25) is 0 Å². The number of nitrogens with zero attached hydrogens (tertiary/aromatic N) is 1. The highest BCUT2D eigenvalue weighted by Gasteiger charge is 2.45. The summed E-state index contributed by atoms with van der Waals surface area (Å²) in [4.78, 5) is 26.1. The number of hydrogen-bond acceptors (Lipinski definition) is 3. The summed E-state index contributed by atoms with van der Waals surface area (Å²) in [5.74, 6) is -1.37. The Morgan fingerprint density at radius 2 is 1.90 bits per heavy atom. The number of rotatable bonds is 3. The highest BCUT2D eigenvalue weighted by atomic mass is 16.5. The van der Waals surface area contributed by atoms with E-state index in [1.807, 2.05) is 25.7 Å². The van der Waals surface area contributed by atoms with Crippen LogP contribution in [0.1, 0.15) is 47.0 Å². The van der Waals surface area contributed by atoms with E-state index < -0.39 is 11.9 Å². The number of morpholine rings is 1. The third-order valence-corrected chi connectivity index (χ3v) is 4.75. The van der Waals surface area contributed by atoms with Gasteiger partial charge in [0.2, 0.25) is 5.91 Å². The van der Waals surface area contributed by atoms with Crippen LogP contribution in [0.3, 0.4) is 0 Å². The highest BCUT2D eigenvalue weighted by molar-refractivity contribution is 5.85. The van der Waals surface area contributed by atoms with Gasteiger partial charge in [-0.3, -0.25) is 9.59 Å². The molecule has 4 atom stereocenters. The SMILES string of the molecule is CCC1CC(C(=O)O)C(C(=O)N2CC(C)OC(C)(C)C2)C1. The standard InChI is InChI=1S/C16H27NO4/c1-5-11-6-12(13(7-11)15(19)20)14(18)17-8-10(2)21-16(3,4)9-17/h10-13H,5-9H2,1-4H3,(H,19,20). The van der Waals surface area contributed by atoms with E-state index in [9.17, 15) is 14.7 Å². The predicted molar refractivity (Wildman–Crippen MR) is 78.8 cm³/mol. The van der Waals surface area contributed by atoms with Crippen molar-refractivity contribution in [2.24, 2.45) is 17.8 Å². The lowest BCUT2D eigenvalue weighted by Crippen LogP contribution is -2.55. The Bertz CT molecular complexity index is 421. The van der Waals surface area contributed by atoms with Crippen molar-refractivity contribution in [2.75, 3.05) is 13.1 Å². The van der Waals surface area contributed by atoms with Crippen molar-refractivity contribution in [1.82, 2.24) is 4.90 Å². The van der Waals surface area contributed by atoms with Gasteiger partial charge in [0.15, 0.2) is 0 Å². The summed E-state index contributed by atoms with van der Waals surface area (Å²) in [7, 11) is 0. The van der Waals surface area contributed by atoms with E-state index in [0.717, 1.165) is 6.42 Å². The van der Waals surface area contributed by atoms with Crippen LogP contribution in [-0.2, 0) is 14.3 Å². The van der Waals surface area contributed by atoms with Gasteiger partial charge in [-0.15, -0.1) is 0 Å². The van der Waals surface area contributed by atoms with Gasteiger partial charge >= 0.3 is 5.97 Å². The first-order chi connectivity index (χ1) is 9.73. The topological polar surface area (TPSA) is 66.8 Å². The Morgan fingerprint density at radius 1 is 1.29 bits per heavy atom. The highest BCUT2D eigenvalue weighted by Crippen LogP contribution is 2.40. The second kappa shape index (κ2) is 5.95. The quantitative estimate of drug-likeness (QED) is 0.866. The molecule has 0 radical (unpaired) electrons. The molecular weight excluding hydrogens is 270 g/mol. The van der Waals surface area contributed by atoms with Gasteiger partial charge in [-0.25, -0.2) is 0 Å². The summed E-state index contributed by atoms with van der Waals surface area (Å²) in [5.41, 5.74) is -0.366. The Labute approximate surface area is 126 Å². The Balaban J connectivity index is 2.12. The molecular formula is C16H27NO4. The predicted octanol–water partition coefficient (Wildman–Crippen LogP) is 2.15. The molecule has 4 unspecified atom stereocenters. The molecule has 1 amide bonds. The molecule has 2 aliphatic rings. The molecule has 1 aliphatic carbocycles. The summed E-state index contributed by atoms with van der Waals surface area (Å²) < 4.78 is 5.82. The van der Waals surface area contributed by atoms with Gasteiger partial charge in [0.05, 0.1) is 23.5 Å². The van der Waals surface area contributed by atoms with Gasteiger partial charge in [0, 0.05) is 13.1 Å². The molecule has 1 aliphatic heterocycles. The summed E-state index contributed by atoms with van der Waals surface area (Å²) in [6, 6.07) is 0. The third-order valence-electron chi connectivity index (χ3n) is 4.75. The van der Waals surface area contributed by atoms with Crippen molar-refractivity contribution >= 4 is 11.9 Å². The van der Waals surface area contributed by atoms with Crippen LogP contribution < -0.4 is 0 Å². The van der Waals surface area contributed by atoms with E-state index in [4.69, 9.17) is 4.74 Å². The summed E-state index contributed by atoms with van der Waals surface area (Å²) >= 11 is 0. The zero-order valence-corrected chi connectivity index (χ0v) is 13.5. The lowest BCUT2D eigenvalue weighted by molar-refractivity contribution is -0.165. The summed E-state index contributed by atoms with van der Waals surface area (Å²) in [5, 5.41) is 9.40. The van der Waals surface area contributed by atoms with Crippen LogP contribution in [-0.4, -0.2) is 46.7 Å². The largest absolute Gasteiger partial charge is 0.481 e. The molecule has 0 bridgehead atoms. The maximum Gasteiger partial charge on any atom is 0.307 e. The average Bonchev–Trinajstić information content (AvgIpc) is 2.79. The van der Waals surface area contributed by atoms with Gasteiger partial charge in [-0.1, -0.05) is 13.3 Å². The van der Waals surface area contributed by atoms with Crippen LogP contribution in [0, 0.1) is 17.8 Å². The van der Waals surface area contributed by atoms with E-state index in [1.165, 1.54) is 0 Å². The molecule has 0 aromatic rings. The zero-order chi connectivity index (χ0) is 15.8. The number of amides is 1. The molecule has 2 fully saturated rings. The lowest BCUT2D eigenvalue weighted by Gasteiger charge is -2.42. The van der Waals surface area contributed by atoms with Gasteiger partial charge in [-0.2, -0.15) is 0 Å². The van der Waals surface area contributed by atoms with Crippen LogP contribution in [0.4, 0.5) is 0 Å². The van der Waals surface area contributed by atoms with Crippen LogP contribution in [0.5, 0.6) is 0 Å². The maximum absolute atomic E-state index is 12.8. The Hall–Kier alpha value is -1.10. The number of carboxylic acids is 1. The number of carboxylic acid groups (broad SMARTS) is 1. The van der Waals surface area contributed by atoms with Crippen LogP contribution >= 0.6 is 0 Å². The molecule has 1 saturated carbocycles. The molecule has 21 heavy (non-hydrogen) atoms. The van der Waals surface area contributed by atoms with Crippen LogP contribution in [0.25, 0.3) is 0 Å². The maximum atomic E-state index is 12.8. The van der Waals surface area contributed by atoms with E-state index in [-0.39, 0.29) is 23.5 Å². The van der Waals surface area contributed by atoms with Crippen molar-refractivity contribution in [3.8, 4) is 0 Å². The molecule has 120 valence electrons. The van der Waals surface area contributed by atoms with Crippen molar-refractivity contribution in [1.29, 1.82) is 0 Å². The van der Waals surface area contributed by atoms with Gasteiger partial charge in [0.1, 0.15) is 0 Å². The molecule has 0 aromatic carbocycles. The van der Waals surface area contributed by atoms with E-state index >= 15 is 0 Å². The lowest BCUT2D eigenvalue weighted by atomic mass is 9.93. The Morgan fingerprint density at radius 3 is 2.43 bits per heavy atom. The second-order valence-electron chi connectivity index (χ2n) is 7.20. The minimum Gasteiger partial charge on any atom is -0.481 e. The van der Waals surface area contributed by atoms with Gasteiger partial charge in [0.25, 0.3) is 0 Å². The number of carbonyl (C=O) groups excluding carboxylic acids is 1. The fourth-order valence-corrected chi connectivity index (χ4v) is 3.88. The molecule has 2 rings (SSSR count). The van der Waals surface area contributed by atoms with E-state index in [2.05, 4.69) is 6.92 Å². The van der Waals surface area contributed by atoms with Crippen molar-refractivity contribution < 1.29 is 19.4 Å². The molecule has 5 nitrogen and oxygen atoms in total. The smallest absolute Gasteiger partial charge is 0.307 e. The first-order valence-electron chi connectivity index (χ1n) is 7.93. The Kier molecular flexibility index (Phi) is 4.61. The van der Waals surface area contributed by atoms with Crippen molar-refractivity contribution in [3.63, 3.8) is 0 Å². The summed E-state index contributed by atoms with van der Waals surface area (Å²) in [6.45, 7) is 9.07. The van der Waals surface area contributed by atoms with E-state index in [1.54, 1.807) is 0 Å². The first-order valence-corrected chi connectivity index (χ1v) is 7.93. The number of ether oxygens (including phenoxy) is 1.